The quantitative estimate of drug-likeness (QED) is 0.0238. The molecule has 0 aromatic heterocycles. The van der Waals surface area contributed by atoms with E-state index in [2.05, 4.69) is 86.8 Å². The molecule has 0 aromatic carbocycles. The highest BCUT2D eigenvalue weighted by molar-refractivity contribution is 7.47. The molecule has 3 atom stereocenters. The topological polar surface area (TPSA) is 132 Å². The van der Waals surface area contributed by atoms with Crippen molar-refractivity contribution in [3.05, 3.63) is 72.9 Å². The summed E-state index contributed by atoms with van der Waals surface area (Å²) in [6.07, 6.45) is 52.9. The van der Waals surface area contributed by atoms with Crippen molar-refractivity contribution < 1.29 is 43.0 Å². The molecule has 0 amide bonds. The molecular formula is C48H85O9P. The Morgan fingerprint density at radius 2 is 0.983 bits per heavy atom. The van der Waals surface area contributed by atoms with Gasteiger partial charge in [0.25, 0.3) is 0 Å². The molecule has 0 aliphatic heterocycles. The monoisotopic (exact) mass is 837 g/mol. The maximum Gasteiger partial charge on any atom is 0.472 e. The summed E-state index contributed by atoms with van der Waals surface area (Å²) >= 11 is 0. The zero-order chi connectivity index (χ0) is 42.5. The third kappa shape index (κ3) is 43.5. The zero-order valence-electron chi connectivity index (χ0n) is 36.7. The largest absolute Gasteiger partial charge is 0.472 e. The van der Waals surface area contributed by atoms with Crippen molar-refractivity contribution in [2.75, 3.05) is 33.0 Å². The summed E-state index contributed by atoms with van der Waals surface area (Å²) in [5, 5.41) is 18.4. The molecule has 0 radical (unpaired) electrons. The van der Waals surface area contributed by atoms with Gasteiger partial charge in [0.05, 0.1) is 26.4 Å². The van der Waals surface area contributed by atoms with Crippen molar-refractivity contribution in [2.45, 2.75) is 193 Å². The summed E-state index contributed by atoms with van der Waals surface area (Å²) in [5.41, 5.74) is 0. The molecule has 0 heterocycles. The van der Waals surface area contributed by atoms with Crippen molar-refractivity contribution in [3.63, 3.8) is 0 Å². The smallest absolute Gasteiger partial charge is 0.457 e. The minimum atomic E-state index is -4.53. The van der Waals surface area contributed by atoms with E-state index in [4.69, 9.17) is 23.6 Å². The number of ether oxygens (including phenoxy) is 2. The fourth-order valence-electron chi connectivity index (χ4n) is 5.91. The molecule has 0 bridgehead atoms. The molecule has 9 nitrogen and oxygen atoms in total. The van der Waals surface area contributed by atoms with E-state index in [-0.39, 0.29) is 13.0 Å². The fraction of sp³-hybridized carbons (Fsp3) is 0.729. The predicted octanol–water partition coefficient (Wildman–Crippen LogP) is 12.9. The first-order valence-electron chi connectivity index (χ1n) is 22.9. The lowest BCUT2D eigenvalue weighted by atomic mass is 10.1. The van der Waals surface area contributed by atoms with Crippen molar-refractivity contribution >= 4 is 13.8 Å². The Hall–Kier alpha value is -2.10. The summed E-state index contributed by atoms with van der Waals surface area (Å²) in [6, 6.07) is 0. The lowest BCUT2D eigenvalue weighted by Crippen LogP contribution is -2.29. The highest BCUT2D eigenvalue weighted by atomic mass is 31.2. The first-order chi connectivity index (χ1) is 28.3. The van der Waals surface area contributed by atoms with E-state index in [0.717, 1.165) is 77.0 Å². The van der Waals surface area contributed by atoms with Crippen LogP contribution in [0, 0.1) is 0 Å². The van der Waals surface area contributed by atoms with Crippen LogP contribution < -0.4 is 0 Å². The van der Waals surface area contributed by atoms with Gasteiger partial charge in [0, 0.05) is 13.0 Å². The van der Waals surface area contributed by atoms with E-state index in [1.54, 1.807) is 0 Å². The molecule has 3 unspecified atom stereocenters. The van der Waals surface area contributed by atoms with Gasteiger partial charge in [-0.15, -0.1) is 0 Å². The molecule has 0 spiro atoms. The zero-order valence-corrected chi connectivity index (χ0v) is 37.6. The highest BCUT2D eigenvalue weighted by Gasteiger charge is 2.26. The Kier molecular flexibility index (Phi) is 42.8. The molecule has 10 heteroatoms. The number of aliphatic hydroxyl groups excluding tert-OH is 2. The van der Waals surface area contributed by atoms with Gasteiger partial charge >= 0.3 is 13.8 Å². The van der Waals surface area contributed by atoms with Crippen LogP contribution in [-0.4, -0.2) is 66.3 Å². The third-order valence-corrected chi connectivity index (χ3v) is 10.3. The second kappa shape index (κ2) is 44.5. The number of esters is 1. The van der Waals surface area contributed by atoms with Crippen LogP contribution in [0.1, 0.15) is 181 Å². The number of hydrogen-bond donors (Lipinski definition) is 3. The van der Waals surface area contributed by atoms with Crippen molar-refractivity contribution in [2.24, 2.45) is 0 Å². The van der Waals surface area contributed by atoms with Gasteiger partial charge < -0.3 is 24.6 Å². The Labute approximate surface area is 354 Å². The van der Waals surface area contributed by atoms with E-state index < -0.39 is 45.8 Å². The molecule has 0 aliphatic rings. The number of phosphoric ester groups is 1. The summed E-state index contributed by atoms with van der Waals surface area (Å²) in [7, 11) is -4.53. The van der Waals surface area contributed by atoms with Gasteiger partial charge in [-0.2, -0.15) is 0 Å². The normalized spacial score (nSPS) is 14.6. The van der Waals surface area contributed by atoms with E-state index in [1.807, 2.05) is 0 Å². The van der Waals surface area contributed by atoms with Gasteiger partial charge in [-0.1, -0.05) is 164 Å². The fourth-order valence-corrected chi connectivity index (χ4v) is 6.70. The molecule has 0 fully saturated rings. The second-order valence-electron chi connectivity index (χ2n) is 15.0. The molecular weight excluding hydrogens is 751 g/mol. The lowest BCUT2D eigenvalue weighted by molar-refractivity contribution is -0.154. The Morgan fingerprint density at radius 3 is 1.48 bits per heavy atom. The van der Waals surface area contributed by atoms with Crippen molar-refractivity contribution in [1.29, 1.82) is 0 Å². The number of rotatable bonds is 43. The maximum atomic E-state index is 12.6. The first-order valence-corrected chi connectivity index (χ1v) is 24.4. The average Bonchev–Trinajstić information content (AvgIpc) is 3.21. The average molecular weight is 837 g/mol. The SMILES string of the molecule is CC/C=C\C/C=C\C/C=C\C/C=C\CCCCCCC(=O)OC(COCCCCCCCCCCCC/C=C\C/C=C\CCCCC)COP(=O)(O)OCC(O)CO. The van der Waals surface area contributed by atoms with Crippen LogP contribution in [0.2, 0.25) is 0 Å². The van der Waals surface area contributed by atoms with Crippen molar-refractivity contribution in [3.8, 4) is 0 Å². The predicted molar refractivity (Wildman–Crippen MR) is 242 cm³/mol. The van der Waals surface area contributed by atoms with Gasteiger partial charge in [0.2, 0.25) is 0 Å². The van der Waals surface area contributed by atoms with Crippen LogP contribution in [0.4, 0.5) is 0 Å². The Bertz CT molecular complexity index is 1130. The summed E-state index contributed by atoms with van der Waals surface area (Å²) in [4.78, 5) is 22.6. The van der Waals surface area contributed by atoms with Crippen LogP contribution >= 0.6 is 7.82 Å². The van der Waals surface area contributed by atoms with Crippen LogP contribution in [0.5, 0.6) is 0 Å². The number of unbranched alkanes of at least 4 members (excludes halogenated alkanes) is 17. The van der Waals surface area contributed by atoms with E-state index in [0.29, 0.717) is 13.0 Å². The number of carbonyl (C=O) groups excluding carboxylic acids is 1. The minimum absolute atomic E-state index is 0.0336. The molecule has 0 rings (SSSR count). The molecule has 0 saturated carbocycles. The number of allylic oxidation sites excluding steroid dienone is 12. The third-order valence-electron chi connectivity index (χ3n) is 9.38. The van der Waals surface area contributed by atoms with Crippen LogP contribution in [-0.2, 0) is 27.9 Å². The van der Waals surface area contributed by atoms with Crippen LogP contribution in [0.15, 0.2) is 72.9 Å². The number of hydrogen-bond acceptors (Lipinski definition) is 8. The first kappa shape index (κ1) is 55.9. The number of carbonyl (C=O) groups is 1. The second-order valence-corrected chi connectivity index (χ2v) is 16.5. The van der Waals surface area contributed by atoms with Gasteiger partial charge in [0.15, 0.2) is 0 Å². The molecule has 0 saturated heterocycles. The van der Waals surface area contributed by atoms with Gasteiger partial charge in [-0.3, -0.25) is 13.8 Å². The van der Waals surface area contributed by atoms with E-state index in [1.165, 1.54) is 77.0 Å². The molecule has 58 heavy (non-hydrogen) atoms. The van der Waals surface area contributed by atoms with Crippen LogP contribution in [0.3, 0.4) is 0 Å². The highest BCUT2D eigenvalue weighted by Crippen LogP contribution is 2.43. The number of phosphoric acid groups is 1. The van der Waals surface area contributed by atoms with E-state index >= 15 is 0 Å². The van der Waals surface area contributed by atoms with Crippen molar-refractivity contribution in [1.82, 2.24) is 0 Å². The number of aliphatic hydroxyl groups is 2. The molecule has 336 valence electrons. The Balaban J connectivity index is 4.19. The van der Waals surface area contributed by atoms with Gasteiger partial charge in [-0.25, -0.2) is 4.57 Å². The van der Waals surface area contributed by atoms with E-state index in [9.17, 15) is 19.4 Å². The maximum absolute atomic E-state index is 12.6. The molecule has 3 N–H and O–H groups in total. The summed E-state index contributed by atoms with van der Waals surface area (Å²) < 4.78 is 33.4. The van der Waals surface area contributed by atoms with Gasteiger partial charge in [0.1, 0.15) is 12.2 Å². The molecule has 0 aliphatic carbocycles. The van der Waals surface area contributed by atoms with Crippen LogP contribution in [0.25, 0.3) is 0 Å². The lowest BCUT2D eigenvalue weighted by Gasteiger charge is -2.20. The standard InChI is InChI=1S/C48H85O9P/c1-3-5-7-9-11-13-15-17-19-21-22-23-25-27-29-31-33-35-37-39-41-54-44-47(45-56-58(52,53)55-43-46(50)42-49)57-48(51)40-38-36-34-32-30-28-26-24-20-18-16-14-12-10-8-6-4-2/h6,8,11-14,17-20,26,28,46-47,49-50H,3-5,7,9-10,15-16,21-25,27,29-45H2,1-2H3,(H,52,53)/b8-6-,13-11-,14-12-,19-17-,20-18-,28-26-. The van der Waals surface area contributed by atoms with Gasteiger partial charge in [-0.05, 0) is 83.5 Å². The summed E-state index contributed by atoms with van der Waals surface area (Å²) in [6.45, 7) is 3.33. The molecule has 0 aromatic rings. The Morgan fingerprint density at radius 1 is 0.552 bits per heavy atom. The summed E-state index contributed by atoms with van der Waals surface area (Å²) in [5.74, 6) is -0.408. The minimum Gasteiger partial charge on any atom is -0.457 e.